The zero-order valence-corrected chi connectivity index (χ0v) is 20.0. The molecule has 30 heavy (non-hydrogen) atoms. The summed E-state index contributed by atoms with van der Waals surface area (Å²) < 4.78 is 5.57. The zero-order valence-electron chi connectivity index (χ0n) is 17.7. The maximum Gasteiger partial charge on any atom is 0.191 e. The van der Waals surface area contributed by atoms with Crippen molar-refractivity contribution < 1.29 is 9.84 Å². The lowest BCUT2D eigenvalue weighted by atomic mass is 9.91. The van der Waals surface area contributed by atoms with Crippen LogP contribution in [0.15, 0.2) is 65.7 Å². The fourth-order valence-corrected chi connectivity index (χ4v) is 3.24. The molecule has 0 saturated heterocycles. The maximum absolute atomic E-state index is 10.1. The third-order valence-corrected chi connectivity index (χ3v) is 5.04. The summed E-state index contributed by atoms with van der Waals surface area (Å²) in [5.41, 5.74) is 2.52. The first-order valence-corrected chi connectivity index (χ1v) is 10.6. The van der Waals surface area contributed by atoms with E-state index in [1.54, 1.807) is 0 Å². The lowest BCUT2D eigenvalue weighted by Gasteiger charge is -2.21. The number of halogens is 1. The van der Waals surface area contributed by atoms with Crippen molar-refractivity contribution in [2.45, 2.75) is 31.8 Å². The average Bonchev–Trinajstić information content (AvgIpc) is 3.58. The molecule has 3 rings (SSSR count). The molecule has 0 aliphatic heterocycles. The van der Waals surface area contributed by atoms with E-state index in [9.17, 15) is 5.11 Å². The van der Waals surface area contributed by atoms with Crippen LogP contribution in [0.3, 0.4) is 0 Å². The van der Waals surface area contributed by atoms with Crippen molar-refractivity contribution in [3.05, 3.63) is 71.8 Å². The second-order valence-electron chi connectivity index (χ2n) is 7.61. The van der Waals surface area contributed by atoms with Crippen LogP contribution in [0.5, 0.6) is 0 Å². The minimum absolute atomic E-state index is 0. The van der Waals surface area contributed by atoms with Gasteiger partial charge in [-0.15, -0.1) is 24.0 Å². The van der Waals surface area contributed by atoms with E-state index in [0.29, 0.717) is 31.6 Å². The monoisotopic (exact) mass is 523 g/mol. The topological polar surface area (TPSA) is 65.9 Å². The van der Waals surface area contributed by atoms with Crippen LogP contribution in [0.25, 0.3) is 0 Å². The summed E-state index contributed by atoms with van der Waals surface area (Å²) in [5, 5.41) is 16.9. The molecular weight excluding hydrogens is 489 g/mol. The van der Waals surface area contributed by atoms with Crippen molar-refractivity contribution in [2.24, 2.45) is 10.9 Å². The third kappa shape index (κ3) is 8.62. The molecule has 3 N–H and O–H groups in total. The third-order valence-electron chi connectivity index (χ3n) is 5.04. The Morgan fingerprint density at radius 1 is 1.03 bits per heavy atom. The van der Waals surface area contributed by atoms with E-state index in [-0.39, 0.29) is 29.9 Å². The normalized spacial score (nSPS) is 14.8. The fraction of sp³-hybridized carbons (Fsp3) is 0.458. The number of aliphatic hydroxyl groups is 1. The highest BCUT2D eigenvalue weighted by atomic mass is 127. The van der Waals surface area contributed by atoms with E-state index in [4.69, 9.17) is 4.74 Å². The lowest BCUT2D eigenvalue weighted by molar-refractivity contribution is 0.0368. The number of ether oxygens (including phenoxy) is 1. The summed E-state index contributed by atoms with van der Waals surface area (Å²) in [5.74, 6) is 1.64. The quantitative estimate of drug-likeness (QED) is 0.238. The van der Waals surface area contributed by atoms with Crippen LogP contribution in [0.1, 0.15) is 36.8 Å². The Balaban J connectivity index is 0.00000320. The lowest BCUT2D eigenvalue weighted by Crippen LogP contribution is -2.40. The summed E-state index contributed by atoms with van der Waals surface area (Å²) in [7, 11) is 0. The molecule has 1 fully saturated rings. The predicted octanol–water partition coefficient (Wildman–Crippen LogP) is 3.78. The molecule has 1 saturated carbocycles. The first-order chi connectivity index (χ1) is 14.3. The van der Waals surface area contributed by atoms with Gasteiger partial charge in [-0.1, -0.05) is 60.7 Å². The summed E-state index contributed by atoms with van der Waals surface area (Å²) in [4.78, 5) is 4.55. The van der Waals surface area contributed by atoms with Crippen LogP contribution >= 0.6 is 24.0 Å². The Hall–Kier alpha value is -1.64. The Kier molecular flexibility index (Phi) is 11.2. The van der Waals surface area contributed by atoms with Crippen molar-refractivity contribution in [3.8, 4) is 0 Å². The highest BCUT2D eigenvalue weighted by molar-refractivity contribution is 14.0. The van der Waals surface area contributed by atoms with Gasteiger partial charge in [0.1, 0.15) is 0 Å². The van der Waals surface area contributed by atoms with Crippen molar-refractivity contribution in [1.82, 2.24) is 10.6 Å². The van der Waals surface area contributed by atoms with Crippen molar-refractivity contribution in [3.63, 3.8) is 0 Å². The van der Waals surface area contributed by atoms with Gasteiger partial charge in [-0.2, -0.15) is 0 Å². The second kappa shape index (κ2) is 13.6. The number of nitrogens with one attached hydrogen (secondary N) is 2. The Morgan fingerprint density at radius 3 is 2.17 bits per heavy atom. The van der Waals surface area contributed by atoms with Gasteiger partial charge in [0.15, 0.2) is 5.96 Å². The predicted molar refractivity (Wildman–Crippen MR) is 134 cm³/mol. The molecule has 1 atom stereocenters. The van der Waals surface area contributed by atoms with Gasteiger partial charge in [0, 0.05) is 25.6 Å². The SMILES string of the molecule is CCNC(=NCC(O)COCC1CC1)NCC(c1ccccc1)c1ccccc1.I. The summed E-state index contributed by atoms with van der Waals surface area (Å²) in [6.07, 6.45) is 1.93. The Morgan fingerprint density at radius 2 is 1.63 bits per heavy atom. The highest BCUT2D eigenvalue weighted by Crippen LogP contribution is 2.28. The number of nitrogens with zero attached hydrogens (tertiary/aromatic N) is 1. The van der Waals surface area contributed by atoms with E-state index in [1.807, 2.05) is 19.1 Å². The number of rotatable bonds is 11. The van der Waals surface area contributed by atoms with Crippen LogP contribution < -0.4 is 10.6 Å². The van der Waals surface area contributed by atoms with Gasteiger partial charge in [0.25, 0.3) is 0 Å². The molecule has 0 spiro atoms. The van der Waals surface area contributed by atoms with E-state index in [1.165, 1.54) is 24.0 Å². The van der Waals surface area contributed by atoms with Crippen LogP contribution in [0.2, 0.25) is 0 Å². The van der Waals surface area contributed by atoms with Crippen LogP contribution in [-0.4, -0.2) is 50.0 Å². The van der Waals surface area contributed by atoms with Crippen molar-refractivity contribution in [1.29, 1.82) is 0 Å². The molecule has 2 aromatic carbocycles. The molecule has 1 aliphatic carbocycles. The molecule has 0 amide bonds. The largest absolute Gasteiger partial charge is 0.389 e. The molecule has 0 radical (unpaired) electrons. The second-order valence-corrected chi connectivity index (χ2v) is 7.61. The number of aliphatic hydroxyl groups excluding tert-OH is 1. The van der Waals surface area contributed by atoms with E-state index in [0.717, 1.165) is 13.2 Å². The fourth-order valence-electron chi connectivity index (χ4n) is 3.24. The molecule has 2 aromatic rings. The zero-order chi connectivity index (χ0) is 20.3. The minimum Gasteiger partial charge on any atom is -0.389 e. The number of benzene rings is 2. The molecule has 164 valence electrons. The molecule has 0 heterocycles. The van der Waals surface area contributed by atoms with Gasteiger partial charge < -0.3 is 20.5 Å². The first kappa shape index (κ1) is 24.6. The average molecular weight is 523 g/mol. The number of hydrogen-bond donors (Lipinski definition) is 3. The minimum atomic E-state index is -0.580. The smallest absolute Gasteiger partial charge is 0.191 e. The summed E-state index contributed by atoms with van der Waals surface area (Å²) >= 11 is 0. The van der Waals surface area contributed by atoms with E-state index < -0.39 is 6.10 Å². The van der Waals surface area contributed by atoms with Crippen LogP contribution in [0.4, 0.5) is 0 Å². The number of hydrogen-bond acceptors (Lipinski definition) is 3. The molecule has 6 heteroatoms. The number of aliphatic imine (C=N–C) groups is 1. The summed E-state index contributed by atoms with van der Waals surface area (Å²) in [6, 6.07) is 21.0. The molecule has 0 aromatic heterocycles. The first-order valence-electron chi connectivity index (χ1n) is 10.6. The van der Waals surface area contributed by atoms with E-state index in [2.05, 4.69) is 64.2 Å². The Labute approximate surface area is 197 Å². The van der Waals surface area contributed by atoms with Gasteiger partial charge in [0.2, 0.25) is 0 Å². The van der Waals surface area contributed by atoms with E-state index >= 15 is 0 Å². The Bertz CT molecular complexity index is 699. The maximum atomic E-state index is 10.1. The van der Waals surface area contributed by atoms with Gasteiger partial charge >= 0.3 is 0 Å². The van der Waals surface area contributed by atoms with Crippen molar-refractivity contribution >= 4 is 29.9 Å². The van der Waals surface area contributed by atoms with Crippen molar-refractivity contribution in [2.75, 3.05) is 32.8 Å². The summed E-state index contributed by atoms with van der Waals surface area (Å²) in [6.45, 7) is 4.94. The van der Waals surface area contributed by atoms with Crippen LogP contribution in [0, 0.1) is 5.92 Å². The molecule has 5 nitrogen and oxygen atoms in total. The highest BCUT2D eigenvalue weighted by Gasteiger charge is 2.21. The molecule has 0 bridgehead atoms. The standard InChI is InChI=1S/C24H33N3O2.HI/c1-2-25-24(26-15-22(28)18-29-17-19-13-14-19)27-16-23(20-9-5-3-6-10-20)21-11-7-4-8-12-21;/h3-12,19,22-23,28H,2,13-18H2,1H3,(H2,25,26,27);1H. The van der Waals surface area contributed by atoms with Gasteiger partial charge in [-0.3, -0.25) is 4.99 Å². The van der Waals surface area contributed by atoms with Gasteiger partial charge in [-0.25, -0.2) is 0 Å². The van der Waals surface area contributed by atoms with Gasteiger partial charge in [0.05, 0.1) is 19.3 Å². The molecule has 1 unspecified atom stereocenters. The van der Waals surface area contributed by atoms with Gasteiger partial charge in [-0.05, 0) is 36.8 Å². The molecule has 1 aliphatic rings. The number of guanidine groups is 1. The molecular formula is C24H34IN3O2. The van der Waals surface area contributed by atoms with Crippen LogP contribution in [-0.2, 0) is 4.74 Å².